The largest absolute Gasteiger partial charge is 0.482 e. The van der Waals surface area contributed by atoms with E-state index in [9.17, 15) is 13.6 Å². The lowest BCUT2D eigenvalue weighted by molar-refractivity contribution is -0.118. The Morgan fingerprint density at radius 1 is 1.32 bits per heavy atom. The molecule has 0 unspecified atom stereocenters. The van der Waals surface area contributed by atoms with Crippen molar-refractivity contribution < 1.29 is 18.3 Å². The van der Waals surface area contributed by atoms with E-state index in [1.807, 2.05) is 6.92 Å². The van der Waals surface area contributed by atoms with Gasteiger partial charge in [0.2, 0.25) is 0 Å². The van der Waals surface area contributed by atoms with E-state index in [0.29, 0.717) is 16.8 Å². The highest BCUT2D eigenvalue weighted by molar-refractivity contribution is 9.10. The number of hydrogen-bond acceptors (Lipinski definition) is 2. The van der Waals surface area contributed by atoms with Gasteiger partial charge >= 0.3 is 0 Å². The molecule has 7 heteroatoms. The van der Waals surface area contributed by atoms with E-state index in [4.69, 9.17) is 16.3 Å². The van der Waals surface area contributed by atoms with Crippen molar-refractivity contribution in [3.63, 3.8) is 0 Å². The minimum absolute atomic E-state index is 0.104. The number of aryl methyl sites for hydroxylation is 1. The fourth-order valence-corrected chi connectivity index (χ4v) is 2.38. The molecule has 1 amide bonds. The second kappa shape index (κ2) is 7.07. The molecule has 0 aliphatic rings. The maximum atomic E-state index is 13.6. The molecule has 0 bridgehead atoms. The van der Waals surface area contributed by atoms with Crippen molar-refractivity contribution in [2.45, 2.75) is 6.92 Å². The van der Waals surface area contributed by atoms with Crippen LogP contribution in [0, 0.1) is 18.6 Å². The minimum Gasteiger partial charge on any atom is -0.482 e. The lowest BCUT2D eigenvalue weighted by Gasteiger charge is -2.11. The van der Waals surface area contributed by atoms with Crippen molar-refractivity contribution in [3.8, 4) is 5.75 Å². The summed E-state index contributed by atoms with van der Waals surface area (Å²) in [6.45, 7) is 1.50. The molecule has 0 heterocycles. The van der Waals surface area contributed by atoms with Crippen LogP contribution in [-0.2, 0) is 4.79 Å². The van der Waals surface area contributed by atoms with Gasteiger partial charge in [0.15, 0.2) is 12.4 Å². The third kappa shape index (κ3) is 4.18. The summed E-state index contributed by atoms with van der Waals surface area (Å²) >= 11 is 8.93. The van der Waals surface area contributed by atoms with Crippen LogP contribution in [-0.4, -0.2) is 12.5 Å². The summed E-state index contributed by atoms with van der Waals surface area (Å²) in [6.07, 6.45) is 0. The first-order valence-corrected chi connectivity index (χ1v) is 7.37. The van der Waals surface area contributed by atoms with Gasteiger partial charge < -0.3 is 10.1 Å². The fourth-order valence-electron chi connectivity index (χ4n) is 1.70. The van der Waals surface area contributed by atoms with E-state index in [-0.39, 0.29) is 16.8 Å². The second-order valence-corrected chi connectivity index (χ2v) is 5.78. The summed E-state index contributed by atoms with van der Waals surface area (Å²) in [5, 5.41) is 2.68. The third-order valence-electron chi connectivity index (χ3n) is 2.72. The van der Waals surface area contributed by atoms with Gasteiger partial charge in [-0.3, -0.25) is 4.79 Å². The van der Waals surface area contributed by atoms with Gasteiger partial charge in [-0.1, -0.05) is 17.7 Å². The average molecular weight is 391 g/mol. The Kier molecular flexibility index (Phi) is 5.37. The van der Waals surface area contributed by atoms with Crippen molar-refractivity contribution in [2.75, 3.05) is 11.9 Å². The van der Waals surface area contributed by atoms with Crippen molar-refractivity contribution in [2.24, 2.45) is 0 Å². The Hall–Kier alpha value is -1.66. The summed E-state index contributed by atoms with van der Waals surface area (Å²) in [6, 6.07) is 6.88. The molecule has 22 heavy (non-hydrogen) atoms. The van der Waals surface area contributed by atoms with Crippen molar-refractivity contribution in [3.05, 3.63) is 57.0 Å². The van der Waals surface area contributed by atoms with Crippen molar-refractivity contribution in [1.29, 1.82) is 0 Å². The maximum absolute atomic E-state index is 13.6. The molecular weight excluding hydrogens is 380 g/mol. The van der Waals surface area contributed by atoms with Crippen LogP contribution in [0.5, 0.6) is 5.75 Å². The molecule has 2 aromatic carbocycles. The first-order valence-electron chi connectivity index (χ1n) is 6.20. The van der Waals surface area contributed by atoms with Crippen LogP contribution < -0.4 is 10.1 Å². The van der Waals surface area contributed by atoms with Gasteiger partial charge in [0.1, 0.15) is 11.6 Å². The monoisotopic (exact) mass is 389 g/mol. The summed E-state index contributed by atoms with van der Waals surface area (Å²) in [5.74, 6) is -1.86. The molecule has 3 nitrogen and oxygen atoms in total. The van der Waals surface area contributed by atoms with Crippen LogP contribution in [0.4, 0.5) is 14.5 Å². The second-order valence-electron chi connectivity index (χ2n) is 4.52. The molecule has 0 radical (unpaired) electrons. The van der Waals surface area contributed by atoms with Gasteiger partial charge in [-0.05, 0) is 46.6 Å². The zero-order valence-electron chi connectivity index (χ0n) is 11.4. The molecule has 2 rings (SSSR count). The number of carbonyl (C=O) groups excluding carboxylic acids is 1. The van der Waals surface area contributed by atoms with E-state index in [0.717, 1.165) is 11.6 Å². The number of rotatable bonds is 4. The van der Waals surface area contributed by atoms with E-state index >= 15 is 0 Å². The number of nitrogens with one attached hydrogen (secondary N) is 1. The number of halogens is 4. The Bertz CT molecular complexity index is 702. The standard InChI is InChI=1S/C15H11BrClF2NO2/c1-8-2-3-11(17)13(4-8)22-7-14(21)20-15-10(16)5-9(18)6-12(15)19/h2-6H,7H2,1H3,(H,20,21). The molecule has 0 aliphatic carbocycles. The first kappa shape index (κ1) is 16.7. The molecule has 116 valence electrons. The number of hydrogen-bond donors (Lipinski definition) is 1. The number of amides is 1. The number of benzene rings is 2. The molecule has 0 saturated carbocycles. The van der Waals surface area contributed by atoms with Crippen molar-refractivity contribution in [1.82, 2.24) is 0 Å². The SMILES string of the molecule is Cc1ccc(Cl)c(OCC(=O)Nc2c(F)cc(F)cc2Br)c1. The van der Waals surface area contributed by atoms with Crippen LogP contribution in [0.3, 0.4) is 0 Å². The first-order chi connectivity index (χ1) is 10.4. The Morgan fingerprint density at radius 3 is 2.73 bits per heavy atom. The number of ether oxygens (including phenoxy) is 1. The number of anilines is 1. The third-order valence-corrected chi connectivity index (χ3v) is 3.65. The van der Waals surface area contributed by atoms with Gasteiger partial charge in [0, 0.05) is 10.5 Å². The van der Waals surface area contributed by atoms with Crippen LogP contribution in [0.15, 0.2) is 34.8 Å². The minimum atomic E-state index is -0.881. The quantitative estimate of drug-likeness (QED) is 0.821. The van der Waals surface area contributed by atoms with E-state index in [1.165, 1.54) is 0 Å². The highest BCUT2D eigenvalue weighted by Crippen LogP contribution is 2.27. The fraction of sp³-hybridized carbons (Fsp3) is 0.133. The Balaban J connectivity index is 2.03. The summed E-state index contributed by atoms with van der Waals surface area (Å²) in [5.41, 5.74) is 0.775. The van der Waals surface area contributed by atoms with Gasteiger partial charge in [-0.25, -0.2) is 8.78 Å². The molecule has 1 N–H and O–H groups in total. The molecule has 2 aromatic rings. The van der Waals surface area contributed by atoms with Gasteiger partial charge in [-0.2, -0.15) is 0 Å². The van der Waals surface area contributed by atoms with Crippen molar-refractivity contribution >= 4 is 39.1 Å². The highest BCUT2D eigenvalue weighted by atomic mass is 79.9. The molecule has 0 saturated heterocycles. The zero-order valence-corrected chi connectivity index (χ0v) is 13.8. The predicted octanol–water partition coefficient (Wildman–Crippen LogP) is 4.71. The molecule has 0 fully saturated rings. The predicted molar refractivity (Wildman–Crippen MR) is 84.4 cm³/mol. The van der Waals surface area contributed by atoms with Crippen LogP contribution >= 0.6 is 27.5 Å². The van der Waals surface area contributed by atoms with Gasteiger partial charge in [0.05, 0.1) is 10.7 Å². The van der Waals surface area contributed by atoms with E-state index < -0.39 is 17.5 Å². The zero-order chi connectivity index (χ0) is 16.3. The Morgan fingerprint density at radius 2 is 2.05 bits per heavy atom. The Labute approximate surface area is 139 Å². The molecular formula is C15H11BrClF2NO2. The van der Waals surface area contributed by atoms with Crippen LogP contribution in [0.25, 0.3) is 0 Å². The van der Waals surface area contributed by atoms with Crippen LogP contribution in [0.1, 0.15) is 5.56 Å². The van der Waals surface area contributed by atoms with Gasteiger partial charge in [-0.15, -0.1) is 0 Å². The summed E-state index contributed by atoms with van der Waals surface area (Å²) < 4.78 is 32.0. The summed E-state index contributed by atoms with van der Waals surface area (Å²) in [4.78, 5) is 11.8. The smallest absolute Gasteiger partial charge is 0.262 e. The lowest BCUT2D eigenvalue weighted by atomic mass is 10.2. The average Bonchev–Trinajstić information content (AvgIpc) is 2.44. The molecule has 0 aliphatic heterocycles. The highest BCUT2D eigenvalue weighted by Gasteiger charge is 2.13. The van der Waals surface area contributed by atoms with E-state index in [2.05, 4.69) is 21.2 Å². The topological polar surface area (TPSA) is 38.3 Å². The normalized spacial score (nSPS) is 10.4. The molecule has 0 aromatic heterocycles. The lowest BCUT2D eigenvalue weighted by Crippen LogP contribution is -2.21. The maximum Gasteiger partial charge on any atom is 0.262 e. The summed E-state index contributed by atoms with van der Waals surface area (Å²) in [7, 11) is 0. The van der Waals surface area contributed by atoms with Crippen LogP contribution in [0.2, 0.25) is 5.02 Å². The molecule has 0 spiro atoms. The number of carbonyl (C=O) groups is 1. The molecule has 0 atom stereocenters. The van der Waals surface area contributed by atoms with E-state index in [1.54, 1.807) is 18.2 Å². The van der Waals surface area contributed by atoms with Gasteiger partial charge in [0.25, 0.3) is 5.91 Å².